The van der Waals surface area contributed by atoms with Crippen molar-refractivity contribution in [3.05, 3.63) is 48.0 Å². The van der Waals surface area contributed by atoms with Gasteiger partial charge in [-0.15, -0.1) is 0 Å². The first-order valence-electron chi connectivity index (χ1n) is 7.49. The highest BCUT2D eigenvalue weighted by molar-refractivity contribution is 5.83. The molecule has 0 saturated heterocycles. The lowest BCUT2D eigenvalue weighted by atomic mass is 9.74. The highest BCUT2D eigenvalue weighted by Gasteiger charge is 2.38. The first kappa shape index (κ1) is 12.7. The molecule has 1 saturated carbocycles. The van der Waals surface area contributed by atoms with Gasteiger partial charge in [0.1, 0.15) is 0 Å². The van der Waals surface area contributed by atoms with Crippen LogP contribution in [-0.4, -0.2) is 0 Å². The SMILES string of the molecule is CCC1(C(N)c2ccc3ccccc3c2)CCCC1. The maximum Gasteiger partial charge on any atom is 0.0352 e. The van der Waals surface area contributed by atoms with Gasteiger partial charge in [0.05, 0.1) is 0 Å². The second-order valence-electron chi connectivity index (χ2n) is 6.01. The maximum atomic E-state index is 6.64. The minimum atomic E-state index is 0.185. The van der Waals surface area contributed by atoms with Crippen LogP contribution in [0.1, 0.15) is 50.6 Å². The van der Waals surface area contributed by atoms with Crippen molar-refractivity contribution in [1.82, 2.24) is 0 Å². The highest BCUT2D eigenvalue weighted by Crippen LogP contribution is 2.49. The summed E-state index contributed by atoms with van der Waals surface area (Å²) in [7, 11) is 0. The van der Waals surface area contributed by atoms with Crippen LogP contribution in [-0.2, 0) is 0 Å². The van der Waals surface area contributed by atoms with Crippen molar-refractivity contribution < 1.29 is 0 Å². The second kappa shape index (κ2) is 4.97. The monoisotopic (exact) mass is 253 g/mol. The van der Waals surface area contributed by atoms with Gasteiger partial charge in [-0.25, -0.2) is 0 Å². The van der Waals surface area contributed by atoms with Crippen molar-refractivity contribution >= 4 is 10.8 Å². The third-order valence-corrected chi connectivity index (χ3v) is 5.10. The molecule has 1 unspecified atom stereocenters. The van der Waals surface area contributed by atoms with Gasteiger partial charge in [0.25, 0.3) is 0 Å². The quantitative estimate of drug-likeness (QED) is 0.834. The van der Waals surface area contributed by atoms with Crippen LogP contribution in [0.15, 0.2) is 42.5 Å². The van der Waals surface area contributed by atoms with Crippen LogP contribution in [0.25, 0.3) is 10.8 Å². The second-order valence-corrected chi connectivity index (χ2v) is 6.01. The number of fused-ring (bicyclic) bond motifs is 1. The van der Waals surface area contributed by atoms with Crippen LogP contribution in [0.4, 0.5) is 0 Å². The fourth-order valence-corrected chi connectivity index (χ4v) is 3.72. The summed E-state index contributed by atoms with van der Waals surface area (Å²) in [4.78, 5) is 0. The van der Waals surface area contributed by atoms with E-state index in [1.54, 1.807) is 0 Å². The zero-order valence-electron chi connectivity index (χ0n) is 11.7. The Labute approximate surface area is 115 Å². The zero-order chi connectivity index (χ0) is 13.3. The van der Waals surface area contributed by atoms with Gasteiger partial charge in [0.15, 0.2) is 0 Å². The van der Waals surface area contributed by atoms with Crippen molar-refractivity contribution in [2.45, 2.75) is 45.1 Å². The minimum Gasteiger partial charge on any atom is -0.323 e. The van der Waals surface area contributed by atoms with Crippen LogP contribution in [0.5, 0.6) is 0 Å². The first-order chi connectivity index (χ1) is 9.25. The molecular formula is C18H23N. The molecule has 19 heavy (non-hydrogen) atoms. The van der Waals surface area contributed by atoms with E-state index in [9.17, 15) is 0 Å². The molecule has 1 aliphatic carbocycles. The largest absolute Gasteiger partial charge is 0.323 e. The van der Waals surface area contributed by atoms with E-state index in [4.69, 9.17) is 5.73 Å². The Morgan fingerprint density at radius 2 is 1.74 bits per heavy atom. The topological polar surface area (TPSA) is 26.0 Å². The number of rotatable bonds is 3. The van der Waals surface area contributed by atoms with Gasteiger partial charge in [-0.05, 0) is 47.1 Å². The van der Waals surface area contributed by atoms with E-state index in [2.05, 4.69) is 49.4 Å². The average molecular weight is 253 g/mol. The third kappa shape index (κ3) is 2.17. The Bertz CT molecular complexity index is 567. The molecule has 1 atom stereocenters. The van der Waals surface area contributed by atoms with Gasteiger partial charge in [-0.3, -0.25) is 0 Å². The summed E-state index contributed by atoms with van der Waals surface area (Å²) in [6, 6.07) is 15.4. The Hall–Kier alpha value is -1.34. The van der Waals surface area contributed by atoms with Crippen LogP contribution >= 0.6 is 0 Å². The van der Waals surface area contributed by atoms with E-state index in [-0.39, 0.29) is 6.04 Å². The summed E-state index contributed by atoms with van der Waals surface area (Å²) in [5.74, 6) is 0. The van der Waals surface area contributed by atoms with E-state index in [1.165, 1.54) is 48.4 Å². The van der Waals surface area contributed by atoms with Gasteiger partial charge in [-0.1, -0.05) is 56.2 Å². The predicted octanol–water partition coefficient (Wildman–Crippen LogP) is 4.81. The maximum absolute atomic E-state index is 6.64. The standard InChI is InChI=1S/C18H23N/c1-2-18(11-5-6-12-18)17(19)16-10-9-14-7-3-4-8-15(14)13-16/h3-4,7-10,13,17H,2,5-6,11-12,19H2,1H3. The molecule has 0 heterocycles. The number of hydrogen-bond acceptors (Lipinski definition) is 1. The summed E-state index contributed by atoms with van der Waals surface area (Å²) in [6.45, 7) is 2.30. The van der Waals surface area contributed by atoms with Crippen molar-refractivity contribution in [3.8, 4) is 0 Å². The van der Waals surface area contributed by atoms with Gasteiger partial charge < -0.3 is 5.73 Å². The molecule has 1 nitrogen and oxygen atoms in total. The van der Waals surface area contributed by atoms with Crippen molar-refractivity contribution in [2.75, 3.05) is 0 Å². The molecule has 0 bridgehead atoms. The molecule has 100 valence electrons. The van der Waals surface area contributed by atoms with Crippen LogP contribution in [0.3, 0.4) is 0 Å². The molecule has 2 aromatic rings. The normalized spacial score (nSPS) is 19.7. The highest BCUT2D eigenvalue weighted by atomic mass is 14.7. The molecule has 0 aliphatic heterocycles. The molecule has 3 rings (SSSR count). The Balaban J connectivity index is 1.99. The van der Waals surface area contributed by atoms with E-state index in [0.717, 1.165) is 0 Å². The summed E-state index contributed by atoms with van der Waals surface area (Å²) >= 11 is 0. The smallest absolute Gasteiger partial charge is 0.0352 e. The zero-order valence-corrected chi connectivity index (χ0v) is 11.7. The Morgan fingerprint density at radius 3 is 2.42 bits per heavy atom. The van der Waals surface area contributed by atoms with Crippen molar-refractivity contribution in [2.24, 2.45) is 11.1 Å². The molecule has 0 radical (unpaired) electrons. The predicted molar refractivity (Wildman–Crippen MR) is 82.1 cm³/mol. The molecule has 2 N–H and O–H groups in total. The van der Waals surface area contributed by atoms with Crippen molar-refractivity contribution in [3.63, 3.8) is 0 Å². The van der Waals surface area contributed by atoms with Crippen LogP contribution in [0, 0.1) is 5.41 Å². The Morgan fingerprint density at radius 1 is 1.05 bits per heavy atom. The van der Waals surface area contributed by atoms with Gasteiger partial charge >= 0.3 is 0 Å². The van der Waals surface area contributed by atoms with E-state index >= 15 is 0 Å². The molecule has 1 heteroatoms. The number of nitrogens with two attached hydrogens (primary N) is 1. The first-order valence-corrected chi connectivity index (χ1v) is 7.49. The average Bonchev–Trinajstić information content (AvgIpc) is 2.96. The molecule has 0 aromatic heterocycles. The lowest BCUT2D eigenvalue weighted by molar-refractivity contribution is 0.222. The van der Waals surface area contributed by atoms with E-state index in [0.29, 0.717) is 5.41 Å². The van der Waals surface area contributed by atoms with Crippen LogP contribution < -0.4 is 5.73 Å². The molecule has 1 aliphatic rings. The fourth-order valence-electron chi connectivity index (χ4n) is 3.72. The summed E-state index contributed by atoms with van der Waals surface area (Å²) < 4.78 is 0. The molecule has 2 aromatic carbocycles. The van der Waals surface area contributed by atoms with Gasteiger partial charge in [0.2, 0.25) is 0 Å². The molecule has 0 amide bonds. The third-order valence-electron chi connectivity index (χ3n) is 5.10. The van der Waals surface area contributed by atoms with E-state index < -0.39 is 0 Å². The van der Waals surface area contributed by atoms with Gasteiger partial charge in [-0.2, -0.15) is 0 Å². The number of hydrogen-bond donors (Lipinski definition) is 1. The summed E-state index contributed by atoms with van der Waals surface area (Å²) in [6.07, 6.45) is 6.46. The molecule has 0 spiro atoms. The van der Waals surface area contributed by atoms with Gasteiger partial charge in [0, 0.05) is 6.04 Å². The summed E-state index contributed by atoms with van der Waals surface area (Å²) in [5.41, 5.74) is 8.28. The number of benzene rings is 2. The lowest BCUT2D eigenvalue weighted by Gasteiger charge is -2.34. The van der Waals surface area contributed by atoms with Crippen LogP contribution in [0.2, 0.25) is 0 Å². The van der Waals surface area contributed by atoms with Crippen molar-refractivity contribution in [1.29, 1.82) is 0 Å². The fraction of sp³-hybridized carbons (Fsp3) is 0.444. The minimum absolute atomic E-state index is 0.185. The van der Waals surface area contributed by atoms with E-state index in [1.807, 2.05) is 0 Å². The molecular weight excluding hydrogens is 230 g/mol. The summed E-state index contributed by atoms with van der Waals surface area (Å²) in [5, 5.41) is 2.61. The molecule has 1 fully saturated rings. The lowest BCUT2D eigenvalue weighted by Crippen LogP contribution is -2.31. The Kier molecular flexibility index (Phi) is 3.32.